The van der Waals surface area contributed by atoms with Gasteiger partial charge in [0.2, 0.25) is 0 Å². The van der Waals surface area contributed by atoms with Crippen molar-refractivity contribution in [2.75, 3.05) is 32.8 Å². The van der Waals surface area contributed by atoms with Gasteiger partial charge in [-0.2, -0.15) is 0 Å². The number of fused-ring (bicyclic) bond motifs is 2. The fourth-order valence-corrected chi connectivity index (χ4v) is 4.34. The normalized spacial score (nSPS) is 17.8. The largest absolute Gasteiger partial charge is 0.492 e. The molecule has 0 aliphatic carbocycles. The Morgan fingerprint density at radius 2 is 1.97 bits per heavy atom. The summed E-state index contributed by atoms with van der Waals surface area (Å²) in [5.41, 5.74) is 2.38. The molecule has 2 aliphatic heterocycles. The number of nitrogens with zero attached hydrogens (tertiary/aromatic N) is 1. The summed E-state index contributed by atoms with van der Waals surface area (Å²) in [6, 6.07) is 13.8. The zero-order chi connectivity index (χ0) is 21.0. The minimum Gasteiger partial charge on any atom is -0.492 e. The topological polar surface area (TPSA) is 59.0 Å². The number of benzene rings is 2. The average Bonchev–Trinajstić information content (AvgIpc) is 3.09. The lowest BCUT2D eigenvalue weighted by Gasteiger charge is -2.38. The van der Waals surface area contributed by atoms with E-state index in [4.69, 9.17) is 26.2 Å². The number of hydrogen-bond donors (Lipinski definition) is 1. The molecule has 0 saturated carbocycles. The summed E-state index contributed by atoms with van der Waals surface area (Å²) >= 11 is 5.90. The highest BCUT2D eigenvalue weighted by atomic mass is 35.5. The molecule has 0 bridgehead atoms. The molecule has 1 saturated heterocycles. The lowest BCUT2D eigenvalue weighted by atomic mass is 9.74. The number of hydrogen-bond acceptors (Lipinski definition) is 4. The van der Waals surface area contributed by atoms with Gasteiger partial charge < -0.3 is 19.5 Å². The molecule has 30 heavy (non-hydrogen) atoms. The minimum absolute atomic E-state index is 0.0437. The zero-order valence-electron chi connectivity index (χ0n) is 16.9. The lowest BCUT2D eigenvalue weighted by Crippen LogP contribution is -2.44. The van der Waals surface area contributed by atoms with E-state index in [0.29, 0.717) is 19.8 Å². The van der Waals surface area contributed by atoms with Gasteiger partial charge in [0.15, 0.2) is 0 Å². The van der Waals surface area contributed by atoms with Crippen LogP contribution < -0.4 is 9.47 Å². The first kappa shape index (κ1) is 20.8. The number of ether oxygens (including phenoxy) is 2. The smallest absolute Gasteiger partial charge is 0.304 e. The van der Waals surface area contributed by atoms with Crippen LogP contribution >= 0.6 is 11.6 Å². The van der Waals surface area contributed by atoms with E-state index in [2.05, 4.69) is 11.0 Å². The molecule has 5 nitrogen and oxygen atoms in total. The molecule has 2 aromatic carbocycles. The van der Waals surface area contributed by atoms with E-state index in [1.807, 2.05) is 48.6 Å². The molecule has 0 radical (unpaired) electrons. The van der Waals surface area contributed by atoms with Gasteiger partial charge in [-0.15, -0.1) is 0 Å². The Bertz CT molecular complexity index is 917. The summed E-state index contributed by atoms with van der Waals surface area (Å²) < 4.78 is 11.9. The molecular formula is C24H26ClNO4. The third kappa shape index (κ3) is 4.79. The lowest BCUT2D eigenvalue weighted by molar-refractivity contribution is -0.137. The maximum absolute atomic E-state index is 10.8. The highest BCUT2D eigenvalue weighted by molar-refractivity contribution is 6.30. The number of piperidine rings is 1. The molecule has 0 aromatic heterocycles. The van der Waals surface area contributed by atoms with Crippen LogP contribution in [-0.2, 0) is 10.2 Å². The standard InChI is InChI=1S/C24H26ClNO4/c25-19-5-3-18(4-6-19)2-1-15-29-20-7-8-21-22(16-20)30-17-24(21)10-13-26(14-11-24)12-9-23(27)28/h1-8,16H,9-15,17H2,(H,27,28)/b2-1+. The second-order valence-corrected chi connectivity index (χ2v) is 8.41. The molecule has 2 heterocycles. The van der Waals surface area contributed by atoms with Crippen LogP contribution in [0.4, 0.5) is 0 Å². The fraction of sp³-hybridized carbons (Fsp3) is 0.375. The van der Waals surface area contributed by atoms with E-state index in [1.165, 1.54) is 5.56 Å². The fourth-order valence-electron chi connectivity index (χ4n) is 4.22. The Morgan fingerprint density at radius 3 is 2.70 bits per heavy atom. The van der Waals surface area contributed by atoms with Gasteiger partial charge in [0.05, 0.1) is 13.0 Å². The molecule has 0 atom stereocenters. The summed E-state index contributed by atoms with van der Waals surface area (Å²) in [5.74, 6) is 0.971. The van der Waals surface area contributed by atoms with Gasteiger partial charge in [-0.1, -0.05) is 35.9 Å². The summed E-state index contributed by atoms with van der Waals surface area (Å²) in [4.78, 5) is 13.0. The number of aliphatic carboxylic acids is 1. The second-order valence-electron chi connectivity index (χ2n) is 7.98. The van der Waals surface area contributed by atoms with Crippen molar-refractivity contribution >= 4 is 23.6 Å². The Kier molecular flexibility index (Phi) is 6.30. The van der Waals surface area contributed by atoms with Crippen LogP contribution in [0.1, 0.15) is 30.4 Å². The Morgan fingerprint density at radius 1 is 1.20 bits per heavy atom. The first-order valence-electron chi connectivity index (χ1n) is 10.3. The molecule has 0 unspecified atom stereocenters. The summed E-state index contributed by atoms with van der Waals surface area (Å²) in [6.07, 6.45) is 6.17. The van der Waals surface area contributed by atoms with Crippen LogP contribution in [0.15, 0.2) is 48.5 Å². The number of rotatable bonds is 7. The Labute approximate surface area is 181 Å². The van der Waals surface area contributed by atoms with Crippen LogP contribution in [0, 0.1) is 0 Å². The molecule has 1 N–H and O–H groups in total. The minimum atomic E-state index is -0.736. The highest BCUT2D eigenvalue weighted by Gasteiger charge is 2.43. The number of carboxylic acids is 1. The molecule has 4 rings (SSSR count). The second kappa shape index (κ2) is 9.11. The summed E-state index contributed by atoms with van der Waals surface area (Å²) in [6.45, 7) is 3.60. The predicted octanol–water partition coefficient (Wildman–Crippen LogP) is 4.63. The van der Waals surface area contributed by atoms with Crippen LogP contribution in [0.25, 0.3) is 6.08 Å². The first-order valence-corrected chi connectivity index (χ1v) is 10.7. The molecule has 2 aliphatic rings. The van der Waals surface area contributed by atoms with E-state index in [0.717, 1.165) is 48.0 Å². The SMILES string of the molecule is O=C(O)CCN1CCC2(CC1)COc1cc(OC/C=C/c3ccc(Cl)cc3)ccc12. The van der Waals surface area contributed by atoms with Gasteiger partial charge in [0.25, 0.3) is 0 Å². The van der Waals surface area contributed by atoms with E-state index in [1.54, 1.807) is 0 Å². The van der Waals surface area contributed by atoms with Crippen LogP contribution in [0.5, 0.6) is 11.5 Å². The average molecular weight is 428 g/mol. The van der Waals surface area contributed by atoms with Gasteiger partial charge in [-0.3, -0.25) is 4.79 Å². The van der Waals surface area contributed by atoms with Crippen molar-refractivity contribution in [3.8, 4) is 11.5 Å². The van der Waals surface area contributed by atoms with Crippen LogP contribution in [-0.4, -0.2) is 48.8 Å². The van der Waals surface area contributed by atoms with Gasteiger partial charge in [-0.05, 0) is 55.8 Å². The number of carboxylic acid groups (broad SMARTS) is 1. The quantitative estimate of drug-likeness (QED) is 0.697. The van der Waals surface area contributed by atoms with Gasteiger partial charge in [-0.25, -0.2) is 0 Å². The van der Waals surface area contributed by atoms with Gasteiger partial charge in [0.1, 0.15) is 18.1 Å². The number of carbonyl (C=O) groups is 1. The number of likely N-dealkylation sites (tertiary alicyclic amines) is 1. The highest BCUT2D eigenvalue weighted by Crippen LogP contribution is 2.46. The van der Waals surface area contributed by atoms with Gasteiger partial charge in [0, 0.05) is 28.6 Å². The van der Waals surface area contributed by atoms with Crippen molar-refractivity contribution in [3.63, 3.8) is 0 Å². The van der Waals surface area contributed by atoms with E-state index >= 15 is 0 Å². The molecule has 158 valence electrons. The first-order chi connectivity index (χ1) is 14.5. The van der Waals surface area contributed by atoms with E-state index in [9.17, 15) is 4.79 Å². The van der Waals surface area contributed by atoms with Crippen molar-refractivity contribution in [1.82, 2.24) is 4.90 Å². The monoisotopic (exact) mass is 427 g/mol. The van der Waals surface area contributed by atoms with E-state index in [-0.39, 0.29) is 11.8 Å². The van der Waals surface area contributed by atoms with Gasteiger partial charge >= 0.3 is 5.97 Å². The molecule has 6 heteroatoms. The van der Waals surface area contributed by atoms with Crippen LogP contribution in [0.3, 0.4) is 0 Å². The maximum Gasteiger partial charge on any atom is 0.304 e. The third-order valence-corrected chi connectivity index (χ3v) is 6.26. The predicted molar refractivity (Wildman–Crippen MR) is 118 cm³/mol. The van der Waals surface area contributed by atoms with Crippen molar-refractivity contribution < 1.29 is 19.4 Å². The van der Waals surface area contributed by atoms with Crippen molar-refractivity contribution in [2.45, 2.75) is 24.7 Å². The molecule has 1 fully saturated rings. The molecule has 1 spiro atoms. The molecular weight excluding hydrogens is 402 g/mol. The number of halogens is 1. The maximum atomic E-state index is 10.8. The Hall–Kier alpha value is -2.50. The zero-order valence-corrected chi connectivity index (χ0v) is 17.6. The molecule has 2 aromatic rings. The third-order valence-electron chi connectivity index (χ3n) is 6.01. The summed E-state index contributed by atoms with van der Waals surface area (Å²) in [5, 5.41) is 9.61. The van der Waals surface area contributed by atoms with Crippen molar-refractivity contribution in [3.05, 3.63) is 64.7 Å². The van der Waals surface area contributed by atoms with E-state index < -0.39 is 5.97 Å². The van der Waals surface area contributed by atoms with Crippen molar-refractivity contribution in [1.29, 1.82) is 0 Å². The van der Waals surface area contributed by atoms with Crippen molar-refractivity contribution in [2.24, 2.45) is 0 Å². The molecule has 0 amide bonds. The Balaban J connectivity index is 1.32. The van der Waals surface area contributed by atoms with Crippen LogP contribution in [0.2, 0.25) is 5.02 Å². The summed E-state index contributed by atoms with van der Waals surface area (Å²) in [7, 11) is 0.